The summed E-state index contributed by atoms with van der Waals surface area (Å²) in [6.07, 6.45) is 0. The number of nitrogen functional groups attached to an aromatic ring is 1. The van der Waals surface area contributed by atoms with Crippen LogP contribution in [0, 0.1) is 11.8 Å². The van der Waals surface area contributed by atoms with Crippen molar-refractivity contribution in [1.29, 1.82) is 0 Å². The van der Waals surface area contributed by atoms with Crippen LogP contribution in [0.15, 0.2) is 42.5 Å². The fourth-order valence-corrected chi connectivity index (χ4v) is 4.08. The SMILES string of the molecule is COc1ccc([C@H]2[C@H]3CNC[C@H]3CN2C(=O)c2cccc(N)n2)cc1. The first-order valence-electron chi connectivity index (χ1n) is 8.55. The van der Waals surface area contributed by atoms with Crippen molar-refractivity contribution < 1.29 is 9.53 Å². The smallest absolute Gasteiger partial charge is 0.273 e. The number of anilines is 1. The van der Waals surface area contributed by atoms with Crippen molar-refractivity contribution in [3.05, 3.63) is 53.7 Å². The van der Waals surface area contributed by atoms with Gasteiger partial charge in [-0.05, 0) is 35.7 Å². The molecule has 6 nitrogen and oxygen atoms in total. The molecule has 2 aliphatic heterocycles. The van der Waals surface area contributed by atoms with E-state index in [0.717, 1.165) is 30.9 Å². The molecule has 2 aliphatic rings. The Bertz CT molecular complexity index is 777. The number of nitrogens with two attached hydrogens (primary N) is 1. The normalized spacial score (nSPS) is 25.0. The molecule has 0 bridgehead atoms. The number of fused-ring (bicyclic) bond motifs is 1. The molecule has 25 heavy (non-hydrogen) atoms. The molecule has 3 heterocycles. The lowest BCUT2D eigenvalue weighted by molar-refractivity contribution is 0.0708. The summed E-state index contributed by atoms with van der Waals surface area (Å²) in [5.74, 6) is 2.02. The summed E-state index contributed by atoms with van der Waals surface area (Å²) in [5, 5.41) is 3.46. The van der Waals surface area contributed by atoms with E-state index in [0.29, 0.717) is 23.3 Å². The number of rotatable bonds is 3. The number of hydrogen-bond acceptors (Lipinski definition) is 5. The van der Waals surface area contributed by atoms with Crippen LogP contribution in [-0.4, -0.2) is 42.5 Å². The molecule has 4 rings (SSSR count). The number of pyridine rings is 1. The summed E-state index contributed by atoms with van der Waals surface area (Å²) >= 11 is 0. The molecule has 1 aromatic carbocycles. The van der Waals surface area contributed by atoms with Crippen LogP contribution in [0.4, 0.5) is 5.82 Å². The number of likely N-dealkylation sites (tertiary alicyclic amines) is 1. The topological polar surface area (TPSA) is 80.5 Å². The fourth-order valence-electron chi connectivity index (χ4n) is 4.08. The highest BCUT2D eigenvalue weighted by molar-refractivity contribution is 5.93. The molecular weight excluding hydrogens is 316 g/mol. The molecule has 0 spiro atoms. The quantitative estimate of drug-likeness (QED) is 0.890. The van der Waals surface area contributed by atoms with Crippen LogP contribution in [0.3, 0.4) is 0 Å². The van der Waals surface area contributed by atoms with Gasteiger partial charge in [0.25, 0.3) is 5.91 Å². The van der Waals surface area contributed by atoms with Gasteiger partial charge in [0.2, 0.25) is 0 Å². The van der Waals surface area contributed by atoms with Gasteiger partial charge in [-0.15, -0.1) is 0 Å². The molecule has 2 aromatic rings. The van der Waals surface area contributed by atoms with E-state index in [9.17, 15) is 4.79 Å². The summed E-state index contributed by atoms with van der Waals surface area (Å²) in [4.78, 5) is 19.3. The zero-order chi connectivity index (χ0) is 17.4. The maximum absolute atomic E-state index is 13.1. The first kappa shape index (κ1) is 15.9. The predicted molar refractivity (Wildman–Crippen MR) is 95.3 cm³/mol. The average Bonchev–Trinajstić information content (AvgIpc) is 3.22. The van der Waals surface area contributed by atoms with Crippen molar-refractivity contribution in [2.24, 2.45) is 11.8 Å². The molecule has 1 aromatic heterocycles. The molecule has 6 heteroatoms. The number of ether oxygens (including phenoxy) is 1. The van der Waals surface area contributed by atoms with Crippen LogP contribution >= 0.6 is 0 Å². The van der Waals surface area contributed by atoms with Gasteiger partial charge in [0, 0.05) is 25.6 Å². The molecule has 3 atom stereocenters. The van der Waals surface area contributed by atoms with Gasteiger partial charge in [-0.2, -0.15) is 0 Å². The summed E-state index contributed by atoms with van der Waals surface area (Å²) in [7, 11) is 1.66. The van der Waals surface area contributed by atoms with E-state index in [2.05, 4.69) is 22.4 Å². The number of benzene rings is 1. The maximum Gasteiger partial charge on any atom is 0.273 e. The van der Waals surface area contributed by atoms with Crippen molar-refractivity contribution in [3.8, 4) is 5.75 Å². The van der Waals surface area contributed by atoms with E-state index in [-0.39, 0.29) is 11.9 Å². The third-order valence-corrected chi connectivity index (χ3v) is 5.27. The van der Waals surface area contributed by atoms with E-state index < -0.39 is 0 Å². The van der Waals surface area contributed by atoms with Crippen molar-refractivity contribution in [3.63, 3.8) is 0 Å². The van der Waals surface area contributed by atoms with Crippen LogP contribution in [-0.2, 0) is 0 Å². The van der Waals surface area contributed by atoms with Crippen molar-refractivity contribution in [2.75, 3.05) is 32.5 Å². The zero-order valence-corrected chi connectivity index (χ0v) is 14.2. The second-order valence-electron chi connectivity index (χ2n) is 6.71. The Morgan fingerprint density at radius 3 is 2.76 bits per heavy atom. The van der Waals surface area contributed by atoms with Gasteiger partial charge in [-0.1, -0.05) is 18.2 Å². The number of nitrogens with one attached hydrogen (secondary N) is 1. The molecule has 3 N–H and O–H groups in total. The second kappa shape index (κ2) is 6.37. The number of amides is 1. The van der Waals surface area contributed by atoms with Crippen LogP contribution in [0.2, 0.25) is 0 Å². The number of hydrogen-bond donors (Lipinski definition) is 2. The molecule has 2 saturated heterocycles. The third-order valence-electron chi connectivity index (χ3n) is 5.27. The van der Waals surface area contributed by atoms with Crippen LogP contribution < -0.4 is 15.8 Å². The van der Waals surface area contributed by atoms with Gasteiger partial charge in [-0.25, -0.2) is 4.98 Å². The highest BCUT2D eigenvalue weighted by Gasteiger charge is 2.47. The summed E-state index contributed by atoms with van der Waals surface area (Å²) in [6, 6.07) is 13.3. The Balaban J connectivity index is 1.68. The molecule has 2 fully saturated rings. The van der Waals surface area contributed by atoms with E-state index in [1.54, 1.807) is 25.3 Å². The standard InChI is InChI=1S/C19H22N4O2/c1-25-14-7-5-12(6-8-14)18-15-10-21-9-13(15)11-23(18)19(24)16-3-2-4-17(20)22-16/h2-8,13,15,18,21H,9-11H2,1H3,(H2,20,22)/t13-,15-,18-/m0/s1. The molecule has 1 amide bonds. The van der Waals surface area contributed by atoms with Crippen LogP contribution in [0.5, 0.6) is 5.75 Å². The van der Waals surface area contributed by atoms with Crippen molar-refractivity contribution in [1.82, 2.24) is 15.2 Å². The van der Waals surface area contributed by atoms with Crippen LogP contribution in [0.25, 0.3) is 0 Å². The number of methoxy groups -OCH3 is 1. The average molecular weight is 338 g/mol. The lowest BCUT2D eigenvalue weighted by Gasteiger charge is -2.28. The van der Waals surface area contributed by atoms with Gasteiger partial charge >= 0.3 is 0 Å². The van der Waals surface area contributed by atoms with E-state index in [1.165, 1.54) is 0 Å². The van der Waals surface area contributed by atoms with E-state index in [4.69, 9.17) is 10.5 Å². The molecular formula is C19H22N4O2. The number of nitrogens with zero attached hydrogens (tertiary/aromatic N) is 2. The fraction of sp³-hybridized carbons (Fsp3) is 0.368. The Hall–Kier alpha value is -2.60. The first-order valence-corrected chi connectivity index (χ1v) is 8.55. The zero-order valence-electron chi connectivity index (χ0n) is 14.2. The lowest BCUT2D eigenvalue weighted by Crippen LogP contribution is -2.35. The molecule has 130 valence electrons. The van der Waals surface area contributed by atoms with Gasteiger partial charge in [0.05, 0.1) is 13.2 Å². The summed E-state index contributed by atoms with van der Waals surface area (Å²) in [5.41, 5.74) is 7.30. The van der Waals surface area contributed by atoms with Gasteiger partial charge in [-0.3, -0.25) is 4.79 Å². The summed E-state index contributed by atoms with van der Waals surface area (Å²) in [6.45, 7) is 2.62. The molecule has 0 unspecified atom stereocenters. The predicted octanol–water partition coefficient (Wildman–Crippen LogP) is 1.71. The number of aromatic nitrogens is 1. The number of carbonyl (C=O) groups is 1. The van der Waals surface area contributed by atoms with E-state index in [1.807, 2.05) is 17.0 Å². The monoisotopic (exact) mass is 338 g/mol. The Morgan fingerprint density at radius 1 is 1.24 bits per heavy atom. The Morgan fingerprint density at radius 2 is 2.04 bits per heavy atom. The van der Waals surface area contributed by atoms with Gasteiger partial charge in [0.15, 0.2) is 0 Å². The summed E-state index contributed by atoms with van der Waals surface area (Å²) < 4.78 is 5.26. The van der Waals surface area contributed by atoms with Gasteiger partial charge in [0.1, 0.15) is 17.3 Å². The number of carbonyl (C=O) groups excluding carboxylic acids is 1. The third kappa shape index (κ3) is 2.82. The highest BCUT2D eigenvalue weighted by atomic mass is 16.5. The van der Waals surface area contributed by atoms with Crippen LogP contribution in [0.1, 0.15) is 22.1 Å². The minimum absolute atomic E-state index is 0.0432. The van der Waals surface area contributed by atoms with Crippen molar-refractivity contribution >= 4 is 11.7 Å². The molecule has 0 radical (unpaired) electrons. The molecule has 0 aliphatic carbocycles. The minimum atomic E-state index is -0.0532. The minimum Gasteiger partial charge on any atom is -0.497 e. The largest absolute Gasteiger partial charge is 0.497 e. The second-order valence-corrected chi connectivity index (χ2v) is 6.71. The highest BCUT2D eigenvalue weighted by Crippen LogP contribution is 2.43. The molecule has 0 saturated carbocycles. The van der Waals surface area contributed by atoms with E-state index >= 15 is 0 Å². The van der Waals surface area contributed by atoms with Crippen molar-refractivity contribution in [2.45, 2.75) is 6.04 Å². The maximum atomic E-state index is 13.1. The first-order chi connectivity index (χ1) is 12.2. The Kier molecular flexibility index (Phi) is 4.05. The lowest BCUT2D eigenvalue weighted by atomic mass is 9.89. The Labute approximate surface area is 147 Å². The van der Waals surface area contributed by atoms with Gasteiger partial charge < -0.3 is 20.7 Å².